The van der Waals surface area contributed by atoms with E-state index in [4.69, 9.17) is 10.8 Å². The summed E-state index contributed by atoms with van der Waals surface area (Å²) in [5.41, 5.74) is 5.86. The van der Waals surface area contributed by atoms with Crippen LogP contribution in [0.2, 0.25) is 0 Å². The molecule has 3 N–H and O–H groups in total. The van der Waals surface area contributed by atoms with Crippen molar-refractivity contribution in [1.82, 2.24) is 4.90 Å². The van der Waals surface area contributed by atoms with Crippen molar-refractivity contribution in [2.75, 3.05) is 6.54 Å². The van der Waals surface area contributed by atoms with E-state index in [-0.39, 0.29) is 24.4 Å². The van der Waals surface area contributed by atoms with E-state index >= 15 is 0 Å². The van der Waals surface area contributed by atoms with Gasteiger partial charge < -0.3 is 15.7 Å². The van der Waals surface area contributed by atoms with E-state index in [1.807, 2.05) is 20.8 Å². The summed E-state index contributed by atoms with van der Waals surface area (Å²) in [5, 5.41) is 8.60. The van der Waals surface area contributed by atoms with E-state index in [0.29, 0.717) is 19.4 Å². The lowest BCUT2D eigenvalue weighted by Crippen LogP contribution is -2.40. The molecule has 0 bridgehead atoms. The molecule has 1 amide bonds. The summed E-state index contributed by atoms with van der Waals surface area (Å²) in [5.74, 6) is -0.801. The van der Waals surface area contributed by atoms with Gasteiger partial charge in [0.25, 0.3) is 0 Å². The minimum atomic E-state index is -0.825. The average Bonchev–Trinajstić information content (AvgIpc) is 2.23. The monoisotopic (exact) mass is 258 g/mol. The van der Waals surface area contributed by atoms with Crippen molar-refractivity contribution in [3.8, 4) is 0 Å². The summed E-state index contributed by atoms with van der Waals surface area (Å²) in [4.78, 5) is 24.2. The molecule has 0 aromatic heterocycles. The van der Waals surface area contributed by atoms with Crippen LogP contribution in [0.3, 0.4) is 0 Å². The topological polar surface area (TPSA) is 83.6 Å². The number of nitrogens with zero attached hydrogens (tertiary/aromatic N) is 1. The molecule has 1 atom stereocenters. The molecule has 0 rings (SSSR count). The third-order valence-electron chi connectivity index (χ3n) is 2.83. The highest BCUT2D eigenvalue weighted by Crippen LogP contribution is 2.08. The zero-order valence-electron chi connectivity index (χ0n) is 11.7. The Kier molecular flexibility index (Phi) is 8.37. The molecule has 0 radical (unpaired) electrons. The minimum absolute atomic E-state index is 0.0244. The molecule has 0 saturated heterocycles. The van der Waals surface area contributed by atoms with Crippen LogP contribution in [0.1, 0.15) is 52.9 Å². The van der Waals surface area contributed by atoms with E-state index in [9.17, 15) is 9.59 Å². The lowest BCUT2D eigenvalue weighted by molar-refractivity contribution is -0.138. The van der Waals surface area contributed by atoms with Crippen molar-refractivity contribution in [2.24, 2.45) is 5.73 Å². The third kappa shape index (κ3) is 7.27. The Balaban J connectivity index is 4.23. The highest BCUT2D eigenvalue weighted by atomic mass is 16.4. The maximum absolute atomic E-state index is 12.0. The smallest absolute Gasteiger partial charge is 0.303 e. The Morgan fingerprint density at radius 3 is 2.39 bits per heavy atom. The molecule has 5 heteroatoms. The van der Waals surface area contributed by atoms with Crippen LogP contribution in [-0.4, -0.2) is 40.5 Å². The summed E-state index contributed by atoms with van der Waals surface area (Å²) in [6, 6.07) is -0.0108. The molecule has 106 valence electrons. The number of carbonyl (C=O) groups is 2. The van der Waals surface area contributed by atoms with Crippen molar-refractivity contribution < 1.29 is 14.7 Å². The zero-order chi connectivity index (χ0) is 14.1. The number of rotatable bonds is 9. The average molecular weight is 258 g/mol. The first-order chi connectivity index (χ1) is 8.38. The number of hydrogen-bond donors (Lipinski definition) is 2. The number of hydrogen-bond acceptors (Lipinski definition) is 3. The highest BCUT2D eigenvalue weighted by Gasteiger charge is 2.19. The van der Waals surface area contributed by atoms with E-state index in [0.717, 1.165) is 12.8 Å². The van der Waals surface area contributed by atoms with Crippen LogP contribution in [0.15, 0.2) is 0 Å². The number of carbonyl (C=O) groups excluding carboxylic acids is 1. The predicted octanol–water partition coefficient (Wildman–Crippen LogP) is 1.61. The van der Waals surface area contributed by atoms with Crippen LogP contribution >= 0.6 is 0 Å². The predicted molar refractivity (Wildman–Crippen MR) is 71.2 cm³/mol. The normalized spacial score (nSPS) is 12.5. The van der Waals surface area contributed by atoms with Crippen molar-refractivity contribution in [1.29, 1.82) is 0 Å². The molecule has 0 aliphatic rings. The largest absolute Gasteiger partial charge is 0.481 e. The zero-order valence-corrected chi connectivity index (χ0v) is 11.7. The van der Waals surface area contributed by atoms with E-state index in [1.165, 1.54) is 0 Å². The minimum Gasteiger partial charge on any atom is -0.481 e. The van der Waals surface area contributed by atoms with Gasteiger partial charge in [-0.3, -0.25) is 9.59 Å². The highest BCUT2D eigenvalue weighted by molar-refractivity contribution is 5.77. The summed E-state index contributed by atoms with van der Waals surface area (Å²) in [6.45, 7) is 6.40. The van der Waals surface area contributed by atoms with Crippen LogP contribution in [0.25, 0.3) is 0 Å². The fourth-order valence-electron chi connectivity index (χ4n) is 1.89. The Morgan fingerprint density at radius 2 is 1.94 bits per heavy atom. The molecule has 18 heavy (non-hydrogen) atoms. The van der Waals surface area contributed by atoms with Crippen LogP contribution in [0.5, 0.6) is 0 Å². The van der Waals surface area contributed by atoms with Crippen molar-refractivity contribution >= 4 is 11.9 Å². The first-order valence-electron chi connectivity index (χ1n) is 6.65. The number of carboxylic acid groups (broad SMARTS) is 1. The summed E-state index contributed by atoms with van der Waals surface area (Å²) in [7, 11) is 0. The standard InChI is InChI=1S/C13H26N2O3/c1-4-6-11(14)9-12(16)15(10(2)3)8-5-7-13(17)18/h10-11H,4-9,14H2,1-3H3,(H,17,18). The molecule has 0 aromatic rings. The Morgan fingerprint density at radius 1 is 1.33 bits per heavy atom. The van der Waals surface area contributed by atoms with Gasteiger partial charge in [-0.1, -0.05) is 13.3 Å². The molecule has 0 saturated carbocycles. The molecule has 0 spiro atoms. The van der Waals surface area contributed by atoms with E-state index in [2.05, 4.69) is 0 Å². The second-order valence-corrected chi connectivity index (χ2v) is 4.93. The number of carboxylic acids is 1. The summed E-state index contributed by atoms with van der Waals surface area (Å²) in [6.07, 6.45) is 2.74. The SMILES string of the molecule is CCCC(N)CC(=O)N(CCCC(=O)O)C(C)C. The molecular weight excluding hydrogens is 232 g/mol. The number of nitrogens with two attached hydrogens (primary N) is 1. The first kappa shape index (κ1) is 16.9. The molecule has 0 aromatic carbocycles. The fraction of sp³-hybridized carbons (Fsp3) is 0.846. The molecule has 0 heterocycles. The Labute approximate surface area is 109 Å². The molecule has 1 unspecified atom stereocenters. The number of amides is 1. The second-order valence-electron chi connectivity index (χ2n) is 4.93. The molecule has 0 fully saturated rings. The molecule has 0 aliphatic heterocycles. The summed E-state index contributed by atoms with van der Waals surface area (Å²) < 4.78 is 0. The van der Waals surface area contributed by atoms with Crippen LogP contribution in [0.4, 0.5) is 0 Å². The van der Waals surface area contributed by atoms with Gasteiger partial charge in [-0.2, -0.15) is 0 Å². The van der Waals surface area contributed by atoms with Crippen molar-refractivity contribution in [2.45, 2.75) is 65.0 Å². The maximum atomic E-state index is 12.0. The fourth-order valence-corrected chi connectivity index (χ4v) is 1.89. The van der Waals surface area contributed by atoms with Crippen LogP contribution < -0.4 is 5.73 Å². The van der Waals surface area contributed by atoms with Gasteiger partial charge >= 0.3 is 5.97 Å². The van der Waals surface area contributed by atoms with Crippen LogP contribution in [-0.2, 0) is 9.59 Å². The first-order valence-corrected chi connectivity index (χ1v) is 6.65. The van der Waals surface area contributed by atoms with Gasteiger partial charge in [0.05, 0.1) is 0 Å². The third-order valence-corrected chi connectivity index (χ3v) is 2.83. The van der Waals surface area contributed by atoms with Crippen LogP contribution in [0, 0.1) is 0 Å². The lowest BCUT2D eigenvalue weighted by atomic mass is 10.1. The molecule has 5 nitrogen and oxygen atoms in total. The van der Waals surface area contributed by atoms with E-state index in [1.54, 1.807) is 4.90 Å². The molecular formula is C13H26N2O3. The number of aliphatic carboxylic acids is 1. The van der Waals surface area contributed by atoms with Gasteiger partial charge in [0.1, 0.15) is 0 Å². The second kappa shape index (κ2) is 8.91. The van der Waals surface area contributed by atoms with Gasteiger partial charge in [-0.15, -0.1) is 0 Å². The quantitative estimate of drug-likeness (QED) is 0.658. The molecule has 0 aliphatic carbocycles. The van der Waals surface area contributed by atoms with E-state index < -0.39 is 5.97 Å². The van der Waals surface area contributed by atoms with Gasteiger partial charge in [-0.25, -0.2) is 0 Å². The van der Waals surface area contributed by atoms with Gasteiger partial charge in [-0.05, 0) is 26.7 Å². The lowest BCUT2D eigenvalue weighted by Gasteiger charge is -2.27. The van der Waals surface area contributed by atoms with Gasteiger partial charge in [0.15, 0.2) is 0 Å². The summed E-state index contributed by atoms with van der Waals surface area (Å²) >= 11 is 0. The Bertz CT molecular complexity index is 267. The van der Waals surface area contributed by atoms with Gasteiger partial charge in [0, 0.05) is 31.5 Å². The van der Waals surface area contributed by atoms with Crippen molar-refractivity contribution in [3.63, 3.8) is 0 Å². The van der Waals surface area contributed by atoms with Crippen molar-refractivity contribution in [3.05, 3.63) is 0 Å². The maximum Gasteiger partial charge on any atom is 0.303 e. The Hall–Kier alpha value is -1.10. The van der Waals surface area contributed by atoms with Gasteiger partial charge in [0.2, 0.25) is 5.91 Å².